The summed E-state index contributed by atoms with van der Waals surface area (Å²) in [6.45, 7) is 4.88. The average Bonchev–Trinajstić information content (AvgIpc) is 2.27. The molecule has 0 heterocycles. The van der Waals surface area contributed by atoms with Gasteiger partial charge in [0.15, 0.2) is 0 Å². The minimum Gasteiger partial charge on any atom is -0.478 e. The van der Waals surface area contributed by atoms with Crippen molar-refractivity contribution >= 4 is 17.3 Å². The number of nitrogens with one attached hydrogen (secondary N) is 1. The van der Waals surface area contributed by atoms with Crippen LogP contribution < -0.4 is 5.32 Å². The first-order valence-electron chi connectivity index (χ1n) is 5.63. The van der Waals surface area contributed by atoms with Crippen molar-refractivity contribution in [2.24, 2.45) is 0 Å². The van der Waals surface area contributed by atoms with Gasteiger partial charge in [0.05, 0.1) is 27.8 Å². The average molecular weight is 268 g/mol. The van der Waals surface area contributed by atoms with Gasteiger partial charge in [0, 0.05) is 12.1 Å². The smallest absolute Gasteiger partial charge is 0.337 e. The molecule has 0 saturated carbocycles. The summed E-state index contributed by atoms with van der Waals surface area (Å²) in [5, 5.41) is 32.2. The molecule has 1 unspecified atom stereocenters. The molecule has 1 aromatic carbocycles. The summed E-state index contributed by atoms with van der Waals surface area (Å²) in [4.78, 5) is 21.2. The maximum atomic E-state index is 11.1. The van der Waals surface area contributed by atoms with Gasteiger partial charge in [-0.25, -0.2) is 4.79 Å². The number of non-ortho nitro benzene ring substituents is 1. The number of carboxylic acid groups (broad SMARTS) is 1. The zero-order valence-electron chi connectivity index (χ0n) is 10.9. The van der Waals surface area contributed by atoms with Gasteiger partial charge >= 0.3 is 5.97 Å². The summed E-state index contributed by atoms with van der Waals surface area (Å²) < 4.78 is 0. The van der Waals surface area contributed by atoms with Crippen molar-refractivity contribution in [2.75, 3.05) is 5.32 Å². The van der Waals surface area contributed by atoms with Crippen LogP contribution in [0, 0.1) is 10.1 Å². The zero-order valence-corrected chi connectivity index (χ0v) is 10.9. The van der Waals surface area contributed by atoms with Crippen molar-refractivity contribution in [1.82, 2.24) is 0 Å². The second kappa shape index (κ2) is 5.23. The fourth-order valence-electron chi connectivity index (χ4n) is 1.39. The third-order valence-corrected chi connectivity index (χ3v) is 2.95. The van der Waals surface area contributed by atoms with Crippen LogP contribution >= 0.6 is 0 Å². The number of rotatable bonds is 5. The van der Waals surface area contributed by atoms with Crippen molar-refractivity contribution in [2.45, 2.75) is 32.4 Å². The van der Waals surface area contributed by atoms with Gasteiger partial charge in [-0.1, -0.05) is 0 Å². The molecule has 19 heavy (non-hydrogen) atoms. The minimum absolute atomic E-state index is 0.0840. The molecule has 1 rings (SSSR count). The maximum absolute atomic E-state index is 11.1. The molecule has 0 fully saturated rings. The molecule has 0 spiro atoms. The Morgan fingerprint density at radius 2 is 2.05 bits per heavy atom. The Labute approximate surface area is 110 Å². The number of aliphatic hydroxyl groups is 1. The van der Waals surface area contributed by atoms with Gasteiger partial charge in [0.2, 0.25) is 0 Å². The van der Waals surface area contributed by atoms with Crippen LogP contribution in [0.1, 0.15) is 31.1 Å². The number of nitro groups is 1. The highest BCUT2D eigenvalue weighted by molar-refractivity contribution is 5.95. The number of nitro benzene ring substituents is 1. The topological polar surface area (TPSA) is 113 Å². The summed E-state index contributed by atoms with van der Waals surface area (Å²) in [6, 6.07) is 3.44. The number of benzene rings is 1. The van der Waals surface area contributed by atoms with Crippen LogP contribution in [0.25, 0.3) is 0 Å². The van der Waals surface area contributed by atoms with E-state index in [1.54, 1.807) is 20.8 Å². The Morgan fingerprint density at radius 1 is 1.47 bits per heavy atom. The molecule has 3 N–H and O–H groups in total. The molecule has 0 saturated heterocycles. The highest BCUT2D eigenvalue weighted by atomic mass is 16.6. The van der Waals surface area contributed by atoms with E-state index in [1.165, 1.54) is 6.07 Å². The lowest BCUT2D eigenvalue weighted by Crippen LogP contribution is -2.42. The Morgan fingerprint density at radius 3 is 2.47 bits per heavy atom. The highest BCUT2D eigenvalue weighted by Crippen LogP contribution is 2.26. The fourth-order valence-corrected chi connectivity index (χ4v) is 1.39. The second-order valence-electron chi connectivity index (χ2n) is 4.81. The van der Waals surface area contributed by atoms with Gasteiger partial charge < -0.3 is 15.5 Å². The minimum atomic E-state index is -1.20. The lowest BCUT2D eigenvalue weighted by molar-refractivity contribution is -0.384. The van der Waals surface area contributed by atoms with E-state index in [9.17, 15) is 20.0 Å². The van der Waals surface area contributed by atoms with E-state index in [4.69, 9.17) is 5.11 Å². The van der Waals surface area contributed by atoms with Crippen LogP contribution in [0.5, 0.6) is 0 Å². The third kappa shape index (κ3) is 3.41. The number of nitrogens with zero attached hydrogens (tertiary/aromatic N) is 1. The Bertz CT molecular complexity index is 511. The van der Waals surface area contributed by atoms with Crippen LogP contribution in [-0.2, 0) is 0 Å². The van der Waals surface area contributed by atoms with E-state index in [-0.39, 0.29) is 16.9 Å². The molecular weight excluding hydrogens is 252 g/mol. The SMILES string of the molecule is CC(O)C(C)(C)Nc1cc([N+](=O)[O-])ccc1C(=O)O. The van der Waals surface area contributed by atoms with Crippen LogP contribution in [0.2, 0.25) is 0 Å². The lowest BCUT2D eigenvalue weighted by atomic mass is 9.97. The van der Waals surface area contributed by atoms with Gasteiger partial charge in [0.1, 0.15) is 0 Å². The normalized spacial score (nSPS) is 12.8. The largest absolute Gasteiger partial charge is 0.478 e. The fraction of sp³-hybridized carbons (Fsp3) is 0.417. The van der Waals surface area contributed by atoms with E-state index in [0.717, 1.165) is 12.1 Å². The lowest BCUT2D eigenvalue weighted by Gasteiger charge is -2.31. The zero-order chi connectivity index (χ0) is 14.8. The summed E-state index contributed by atoms with van der Waals surface area (Å²) in [5.74, 6) is -1.20. The molecule has 0 aliphatic carbocycles. The van der Waals surface area contributed by atoms with E-state index in [2.05, 4.69) is 5.32 Å². The quantitative estimate of drug-likeness (QED) is 0.555. The van der Waals surface area contributed by atoms with Crippen molar-refractivity contribution < 1.29 is 19.9 Å². The molecule has 0 radical (unpaired) electrons. The Hall–Kier alpha value is -2.15. The maximum Gasteiger partial charge on any atom is 0.337 e. The molecule has 1 atom stereocenters. The predicted molar refractivity (Wildman–Crippen MR) is 69.4 cm³/mol. The van der Waals surface area contributed by atoms with E-state index in [1.807, 2.05) is 0 Å². The van der Waals surface area contributed by atoms with Crippen molar-refractivity contribution in [3.63, 3.8) is 0 Å². The standard InChI is InChI=1S/C12H16N2O5/c1-7(15)12(2,3)13-10-6-8(14(18)19)4-5-9(10)11(16)17/h4-7,13,15H,1-3H3,(H,16,17). The molecule has 0 aliphatic heterocycles. The summed E-state index contributed by atoms with van der Waals surface area (Å²) >= 11 is 0. The number of hydrogen-bond donors (Lipinski definition) is 3. The number of carboxylic acids is 1. The first kappa shape index (κ1) is 14.9. The van der Waals surface area contributed by atoms with Crippen molar-refractivity contribution in [1.29, 1.82) is 0 Å². The van der Waals surface area contributed by atoms with Gasteiger partial charge in [-0.15, -0.1) is 0 Å². The van der Waals surface area contributed by atoms with E-state index in [0.29, 0.717) is 0 Å². The van der Waals surface area contributed by atoms with Crippen LogP contribution in [0.3, 0.4) is 0 Å². The van der Waals surface area contributed by atoms with Crippen molar-refractivity contribution in [3.8, 4) is 0 Å². The van der Waals surface area contributed by atoms with Crippen molar-refractivity contribution in [3.05, 3.63) is 33.9 Å². The Balaban J connectivity index is 3.26. The van der Waals surface area contributed by atoms with Crippen LogP contribution in [-0.4, -0.2) is 32.7 Å². The van der Waals surface area contributed by atoms with Gasteiger partial charge in [-0.2, -0.15) is 0 Å². The molecule has 1 aromatic rings. The number of aromatic carboxylic acids is 1. The molecule has 0 amide bonds. The first-order valence-corrected chi connectivity index (χ1v) is 5.63. The molecule has 104 valence electrons. The second-order valence-corrected chi connectivity index (χ2v) is 4.81. The molecular formula is C12H16N2O5. The van der Waals surface area contributed by atoms with Gasteiger partial charge in [-0.3, -0.25) is 10.1 Å². The van der Waals surface area contributed by atoms with Crippen LogP contribution in [0.4, 0.5) is 11.4 Å². The monoisotopic (exact) mass is 268 g/mol. The summed E-state index contributed by atoms with van der Waals surface area (Å²) in [6.07, 6.45) is -0.770. The molecule has 0 bridgehead atoms. The summed E-state index contributed by atoms with van der Waals surface area (Å²) in [7, 11) is 0. The first-order chi connectivity index (χ1) is 8.65. The van der Waals surface area contributed by atoms with E-state index >= 15 is 0 Å². The number of hydrogen-bond acceptors (Lipinski definition) is 5. The van der Waals surface area contributed by atoms with Gasteiger partial charge in [0.25, 0.3) is 5.69 Å². The van der Waals surface area contributed by atoms with Crippen LogP contribution in [0.15, 0.2) is 18.2 Å². The molecule has 0 aromatic heterocycles. The molecule has 7 heteroatoms. The number of aliphatic hydroxyl groups excluding tert-OH is 1. The molecule has 7 nitrogen and oxygen atoms in total. The van der Waals surface area contributed by atoms with E-state index < -0.39 is 22.5 Å². The predicted octanol–water partition coefficient (Wildman–Crippen LogP) is 1.86. The van der Waals surface area contributed by atoms with Gasteiger partial charge in [-0.05, 0) is 26.8 Å². The third-order valence-electron chi connectivity index (χ3n) is 2.95. The highest BCUT2D eigenvalue weighted by Gasteiger charge is 2.26. The Kier molecular flexibility index (Phi) is 4.10. The summed E-state index contributed by atoms with van der Waals surface area (Å²) in [5.41, 5.74) is -1.01. The number of anilines is 1. The number of carbonyl (C=O) groups is 1. The molecule has 0 aliphatic rings.